The van der Waals surface area contributed by atoms with E-state index in [1.54, 1.807) is 0 Å². The molecule has 1 fully saturated rings. The topological polar surface area (TPSA) is 37.4 Å². The molecule has 1 saturated carbocycles. The molecule has 0 saturated heterocycles. The van der Waals surface area contributed by atoms with Crippen molar-refractivity contribution in [2.75, 3.05) is 0 Å². The van der Waals surface area contributed by atoms with Crippen molar-refractivity contribution in [3.8, 4) is 0 Å². The number of hydrogen-bond donors (Lipinski definition) is 0. The number of rotatable bonds is 2. The normalized spacial score (nSPS) is 33.9. The van der Waals surface area contributed by atoms with E-state index in [4.69, 9.17) is 0 Å². The van der Waals surface area contributed by atoms with Crippen LogP contribution in [0.4, 0.5) is 0 Å². The summed E-state index contributed by atoms with van der Waals surface area (Å²) < 4.78 is 0. The van der Waals surface area contributed by atoms with Crippen molar-refractivity contribution in [2.45, 2.75) is 46.1 Å². The lowest BCUT2D eigenvalue weighted by atomic mass is 9.73. The zero-order valence-corrected chi connectivity index (χ0v) is 10.8. The molecule has 0 aromatic heterocycles. The van der Waals surface area contributed by atoms with Gasteiger partial charge in [0, 0.05) is 18.2 Å². The SMILES string of the molecule is CC(C)[C@H]1CC[C@H](C)C[C@@H]1N1C(=O)C=CC1=O. The Labute approximate surface area is 103 Å². The Balaban J connectivity index is 2.20. The third kappa shape index (κ3) is 2.28. The van der Waals surface area contributed by atoms with E-state index in [9.17, 15) is 9.59 Å². The Hall–Kier alpha value is -1.12. The highest BCUT2D eigenvalue weighted by Gasteiger charge is 2.40. The van der Waals surface area contributed by atoms with Crippen LogP contribution < -0.4 is 0 Å². The van der Waals surface area contributed by atoms with E-state index in [2.05, 4.69) is 20.8 Å². The Kier molecular flexibility index (Phi) is 3.36. The summed E-state index contributed by atoms with van der Waals surface area (Å²) in [4.78, 5) is 25.0. The van der Waals surface area contributed by atoms with Gasteiger partial charge in [-0.1, -0.05) is 27.2 Å². The quantitative estimate of drug-likeness (QED) is 0.689. The molecule has 1 aliphatic carbocycles. The van der Waals surface area contributed by atoms with Gasteiger partial charge in [0.1, 0.15) is 0 Å². The molecule has 2 amide bonds. The average molecular weight is 235 g/mol. The smallest absolute Gasteiger partial charge is 0.253 e. The molecule has 3 heteroatoms. The lowest BCUT2D eigenvalue weighted by molar-refractivity contribution is -0.142. The first kappa shape index (κ1) is 12.3. The highest BCUT2D eigenvalue weighted by atomic mass is 16.2. The minimum atomic E-state index is -0.125. The number of carbonyl (C=O) groups is 2. The number of hydrogen-bond acceptors (Lipinski definition) is 2. The molecule has 1 aliphatic heterocycles. The molecule has 0 bridgehead atoms. The van der Waals surface area contributed by atoms with Crippen molar-refractivity contribution in [1.29, 1.82) is 0 Å². The highest BCUT2D eigenvalue weighted by Crippen LogP contribution is 2.37. The van der Waals surface area contributed by atoms with Gasteiger partial charge in [-0.2, -0.15) is 0 Å². The number of imide groups is 1. The van der Waals surface area contributed by atoms with Crippen LogP contribution >= 0.6 is 0 Å². The lowest BCUT2D eigenvalue weighted by Crippen LogP contribution is -2.48. The van der Waals surface area contributed by atoms with Crippen molar-refractivity contribution in [3.63, 3.8) is 0 Å². The number of amides is 2. The molecule has 0 aromatic rings. The molecule has 0 spiro atoms. The Morgan fingerprint density at radius 2 is 1.76 bits per heavy atom. The Morgan fingerprint density at radius 1 is 1.18 bits per heavy atom. The zero-order valence-electron chi connectivity index (χ0n) is 10.8. The first-order valence-corrected chi connectivity index (χ1v) is 6.56. The van der Waals surface area contributed by atoms with Crippen LogP contribution in [-0.2, 0) is 9.59 Å². The molecule has 0 unspecified atom stereocenters. The van der Waals surface area contributed by atoms with Gasteiger partial charge in [0.05, 0.1) is 0 Å². The van der Waals surface area contributed by atoms with Crippen LogP contribution in [0.15, 0.2) is 12.2 Å². The number of nitrogens with zero attached hydrogens (tertiary/aromatic N) is 1. The van der Waals surface area contributed by atoms with Gasteiger partial charge in [-0.15, -0.1) is 0 Å². The minimum absolute atomic E-state index is 0.105. The van der Waals surface area contributed by atoms with Crippen LogP contribution in [0.2, 0.25) is 0 Å². The third-order valence-electron chi connectivity index (χ3n) is 4.16. The van der Waals surface area contributed by atoms with Gasteiger partial charge in [0.2, 0.25) is 0 Å². The third-order valence-corrected chi connectivity index (χ3v) is 4.16. The summed E-state index contributed by atoms with van der Waals surface area (Å²) in [5.41, 5.74) is 0. The van der Waals surface area contributed by atoms with Gasteiger partial charge in [-0.3, -0.25) is 14.5 Å². The van der Waals surface area contributed by atoms with Gasteiger partial charge in [0.25, 0.3) is 11.8 Å². The van der Waals surface area contributed by atoms with E-state index in [-0.39, 0.29) is 17.9 Å². The van der Waals surface area contributed by atoms with E-state index >= 15 is 0 Å². The summed E-state index contributed by atoms with van der Waals surface area (Å²) in [5, 5.41) is 0. The summed E-state index contributed by atoms with van der Waals surface area (Å²) in [6.45, 7) is 6.58. The van der Waals surface area contributed by atoms with E-state index in [0.29, 0.717) is 17.8 Å². The summed E-state index contributed by atoms with van der Waals surface area (Å²) in [7, 11) is 0. The van der Waals surface area contributed by atoms with Crippen molar-refractivity contribution >= 4 is 11.8 Å². The maximum Gasteiger partial charge on any atom is 0.253 e. The molecule has 17 heavy (non-hydrogen) atoms. The van der Waals surface area contributed by atoms with E-state index in [0.717, 1.165) is 12.8 Å². The van der Waals surface area contributed by atoms with E-state index < -0.39 is 0 Å². The molecule has 2 rings (SSSR count). The molecule has 3 nitrogen and oxygen atoms in total. The second kappa shape index (κ2) is 4.63. The Morgan fingerprint density at radius 3 is 2.29 bits per heavy atom. The van der Waals surface area contributed by atoms with Gasteiger partial charge in [-0.05, 0) is 30.6 Å². The molecule has 0 N–H and O–H groups in total. The second-order valence-corrected chi connectivity index (χ2v) is 5.77. The molecule has 0 aromatic carbocycles. The van der Waals surface area contributed by atoms with Crippen LogP contribution in [0.3, 0.4) is 0 Å². The molecule has 1 heterocycles. The van der Waals surface area contributed by atoms with Gasteiger partial charge in [0.15, 0.2) is 0 Å². The van der Waals surface area contributed by atoms with E-state index in [1.807, 2.05) is 0 Å². The molecule has 94 valence electrons. The summed E-state index contributed by atoms with van der Waals surface area (Å²) >= 11 is 0. The van der Waals surface area contributed by atoms with Crippen LogP contribution in [0.1, 0.15) is 40.0 Å². The fourth-order valence-corrected chi connectivity index (χ4v) is 3.19. The zero-order chi connectivity index (χ0) is 12.6. The maximum atomic E-state index is 11.8. The lowest BCUT2D eigenvalue weighted by Gasteiger charge is -2.41. The molecule has 3 atom stereocenters. The van der Waals surface area contributed by atoms with Crippen LogP contribution in [0.5, 0.6) is 0 Å². The standard InChI is InChI=1S/C14H21NO2/c1-9(2)11-5-4-10(3)8-12(11)15-13(16)6-7-14(15)17/h6-7,9-12H,4-5,8H2,1-3H3/t10-,11+,12-/m0/s1. The maximum absolute atomic E-state index is 11.8. The predicted octanol–water partition coefficient (Wildman–Crippen LogP) is 2.37. The first-order valence-electron chi connectivity index (χ1n) is 6.56. The van der Waals surface area contributed by atoms with Crippen molar-refractivity contribution in [1.82, 2.24) is 4.90 Å². The van der Waals surface area contributed by atoms with Gasteiger partial charge in [-0.25, -0.2) is 0 Å². The molecule has 0 radical (unpaired) electrons. The van der Waals surface area contributed by atoms with Crippen LogP contribution in [0, 0.1) is 17.8 Å². The minimum Gasteiger partial charge on any atom is -0.272 e. The average Bonchev–Trinajstić information content (AvgIpc) is 2.58. The fraction of sp³-hybridized carbons (Fsp3) is 0.714. The molecular weight excluding hydrogens is 214 g/mol. The summed E-state index contributed by atoms with van der Waals surface area (Å²) in [6.07, 6.45) is 6.10. The largest absolute Gasteiger partial charge is 0.272 e. The Bertz CT molecular complexity index is 341. The highest BCUT2D eigenvalue weighted by molar-refractivity contribution is 6.13. The van der Waals surface area contributed by atoms with Crippen LogP contribution in [-0.4, -0.2) is 22.8 Å². The second-order valence-electron chi connectivity index (χ2n) is 5.77. The molecule has 2 aliphatic rings. The van der Waals surface area contributed by atoms with Crippen molar-refractivity contribution < 1.29 is 9.59 Å². The van der Waals surface area contributed by atoms with Crippen LogP contribution in [0.25, 0.3) is 0 Å². The first-order chi connectivity index (χ1) is 8.00. The predicted molar refractivity (Wildman–Crippen MR) is 66.1 cm³/mol. The van der Waals surface area contributed by atoms with Crippen molar-refractivity contribution in [2.24, 2.45) is 17.8 Å². The van der Waals surface area contributed by atoms with Crippen molar-refractivity contribution in [3.05, 3.63) is 12.2 Å². The van der Waals surface area contributed by atoms with Gasteiger partial charge >= 0.3 is 0 Å². The monoisotopic (exact) mass is 235 g/mol. The fourth-order valence-electron chi connectivity index (χ4n) is 3.19. The summed E-state index contributed by atoms with van der Waals surface area (Å²) in [6, 6.07) is 0.105. The molecular formula is C14H21NO2. The van der Waals surface area contributed by atoms with Gasteiger partial charge < -0.3 is 0 Å². The number of carbonyl (C=O) groups excluding carboxylic acids is 2. The van der Waals surface area contributed by atoms with E-state index in [1.165, 1.54) is 23.5 Å². The summed E-state index contributed by atoms with van der Waals surface area (Å²) in [5.74, 6) is 1.34.